The van der Waals surface area contributed by atoms with Crippen LogP contribution in [0.2, 0.25) is 0 Å². The molecule has 0 saturated heterocycles. The van der Waals surface area contributed by atoms with Crippen LogP contribution in [0.15, 0.2) is 9.27 Å². The topological polar surface area (TPSA) is 45.8 Å². The van der Waals surface area contributed by atoms with Crippen molar-refractivity contribution < 1.29 is 0 Å². The van der Waals surface area contributed by atoms with Gasteiger partial charge in [0.1, 0.15) is 10.3 Å². The van der Waals surface area contributed by atoms with E-state index in [1.54, 1.807) is 11.8 Å². The summed E-state index contributed by atoms with van der Waals surface area (Å²) in [5.74, 6) is 2.02. The summed E-state index contributed by atoms with van der Waals surface area (Å²) < 4.78 is 0.574. The van der Waals surface area contributed by atoms with Crippen molar-refractivity contribution >= 4 is 27.7 Å². The summed E-state index contributed by atoms with van der Waals surface area (Å²) in [5, 5.41) is 0.539. The number of halogens is 1. The monoisotopic (exact) mass is 318 g/mol. The standard InChI is InChI=1S/C12H19BrN2OS/c1-7(2)5-9-11(13)12(16)15-10(14-9)6-17-8(3)4/h7-8H,5-6H2,1-4H3,(H,14,15,16). The Morgan fingerprint density at radius 3 is 2.53 bits per heavy atom. The molecule has 0 amide bonds. The summed E-state index contributed by atoms with van der Waals surface area (Å²) in [6, 6.07) is 0. The van der Waals surface area contributed by atoms with Gasteiger partial charge < -0.3 is 4.98 Å². The maximum atomic E-state index is 11.7. The van der Waals surface area contributed by atoms with Gasteiger partial charge in [0.05, 0.1) is 11.4 Å². The lowest BCUT2D eigenvalue weighted by atomic mass is 10.1. The first-order chi connectivity index (χ1) is 7.90. The highest BCUT2D eigenvalue weighted by molar-refractivity contribution is 9.10. The van der Waals surface area contributed by atoms with Gasteiger partial charge in [0.15, 0.2) is 0 Å². The van der Waals surface area contributed by atoms with Crippen molar-refractivity contribution in [3.63, 3.8) is 0 Å². The van der Waals surface area contributed by atoms with Crippen LogP contribution in [0.1, 0.15) is 39.2 Å². The summed E-state index contributed by atoms with van der Waals surface area (Å²) in [4.78, 5) is 19.1. The Balaban J connectivity index is 2.93. The van der Waals surface area contributed by atoms with Crippen molar-refractivity contribution in [1.82, 2.24) is 9.97 Å². The SMILES string of the molecule is CC(C)Cc1nc(CSC(C)C)[nH]c(=O)c1Br. The molecule has 1 heterocycles. The third-order valence-corrected chi connectivity index (χ3v) is 4.06. The van der Waals surface area contributed by atoms with Gasteiger partial charge in [-0.05, 0) is 33.5 Å². The molecular formula is C12H19BrN2OS. The van der Waals surface area contributed by atoms with Gasteiger partial charge in [-0.15, -0.1) is 0 Å². The van der Waals surface area contributed by atoms with Crippen LogP contribution in [-0.4, -0.2) is 15.2 Å². The molecule has 0 fully saturated rings. The molecule has 0 radical (unpaired) electrons. The molecular weight excluding hydrogens is 300 g/mol. The summed E-state index contributed by atoms with van der Waals surface area (Å²) in [5.41, 5.74) is 0.790. The number of hydrogen-bond donors (Lipinski definition) is 1. The fourth-order valence-electron chi connectivity index (χ4n) is 1.39. The number of aromatic nitrogens is 2. The van der Waals surface area contributed by atoms with Gasteiger partial charge in [-0.3, -0.25) is 4.79 Å². The number of nitrogens with one attached hydrogen (secondary N) is 1. The average molecular weight is 319 g/mol. The molecule has 96 valence electrons. The molecule has 1 rings (SSSR count). The van der Waals surface area contributed by atoms with Crippen LogP contribution >= 0.6 is 27.7 Å². The molecule has 0 bridgehead atoms. The van der Waals surface area contributed by atoms with E-state index in [1.807, 2.05) is 0 Å². The van der Waals surface area contributed by atoms with Gasteiger partial charge >= 0.3 is 0 Å². The van der Waals surface area contributed by atoms with Crippen molar-refractivity contribution in [2.45, 2.75) is 45.1 Å². The molecule has 0 saturated carbocycles. The average Bonchev–Trinajstić information content (AvgIpc) is 2.21. The van der Waals surface area contributed by atoms with Crippen LogP contribution in [0.5, 0.6) is 0 Å². The van der Waals surface area contributed by atoms with Crippen molar-refractivity contribution in [2.24, 2.45) is 5.92 Å². The Morgan fingerprint density at radius 2 is 2.00 bits per heavy atom. The second-order valence-electron chi connectivity index (χ2n) is 4.73. The highest BCUT2D eigenvalue weighted by atomic mass is 79.9. The zero-order valence-corrected chi connectivity index (χ0v) is 13.1. The summed E-state index contributed by atoms with van der Waals surface area (Å²) in [6.07, 6.45) is 0.823. The molecule has 1 N–H and O–H groups in total. The minimum atomic E-state index is -0.0741. The van der Waals surface area contributed by atoms with E-state index in [2.05, 4.69) is 53.6 Å². The van der Waals surface area contributed by atoms with E-state index in [-0.39, 0.29) is 5.56 Å². The number of hydrogen-bond acceptors (Lipinski definition) is 3. The third kappa shape index (κ3) is 4.84. The highest BCUT2D eigenvalue weighted by Gasteiger charge is 2.10. The van der Waals surface area contributed by atoms with E-state index in [1.165, 1.54) is 0 Å². The van der Waals surface area contributed by atoms with Gasteiger partial charge in [0.25, 0.3) is 5.56 Å². The lowest BCUT2D eigenvalue weighted by molar-refractivity contribution is 0.628. The predicted octanol–water partition coefficient (Wildman–Crippen LogP) is 3.37. The fraction of sp³-hybridized carbons (Fsp3) is 0.667. The van der Waals surface area contributed by atoms with Crippen LogP contribution in [-0.2, 0) is 12.2 Å². The zero-order chi connectivity index (χ0) is 13.0. The Morgan fingerprint density at radius 1 is 1.35 bits per heavy atom. The highest BCUT2D eigenvalue weighted by Crippen LogP contribution is 2.17. The van der Waals surface area contributed by atoms with Crippen LogP contribution < -0.4 is 5.56 Å². The van der Waals surface area contributed by atoms with Crippen molar-refractivity contribution in [3.05, 3.63) is 26.3 Å². The summed E-state index contributed by atoms with van der Waals surface area (Å²) >= 11 is 5.09. The molecule has 0 aliphatic heterocycles. The lowest BCUT2D eigenvalue weighted by Gasteiger charge is -2.09. The fourth-order valence-corrected chi connectivity index (χ4v) is 2.37. The van der Waals surface area contributed by atoms with Gasteiger partial charge in [0.2, 0.25) is 0 Å². The Labute approximate surface area is 115 Å². The molecule has 0 aromatic carbocycles. The number of H-pyrrole nitrogens is 1. The molecule has 17 heavy (non-hydrogen) atoms. The van der Waals surface area contributed by atoms with E-state index >= 15 is 0 Å². The molecule has 1 aromatic rings. The first-order valence-corrected chi connectivity index (χ1v) is 7.63. The maximum absolute atomic E-state index is 11.7. The van der Waals surface area contributed by atoms with E-state index < -0.39 is 0 Å². The molecule has 0 aliphatic rings. The molecule has 5 heteroatoms. The number of nitrogens with zero attached hydrogens (tertiary/aromatic N) is 1. The minimum absolute atomic E-state index is 0.0741. The first kappa shape index (κ1) is 14.8. The van der Waals surface area contributed by atoms with Gasteiger partial charge in [-0.2, -0.15) is 11.8 Å². The van der Waals surface area contributed by atoms with Crippen molar-refractivity contribution in [2.75, 3.05) is 0 Å². The lowest BCUT2D eigenvalue weighted by Crippen LogP contribution is -2.16. The quantitative estimate of drug-likeness (QED) is 0.905. The summed E-state index contributed by atoms with van der Waals surface area (Å²) in [7, 11) is 0. The normalized spacial score (nSPS) is 11.5. The van der Waals surface area contributed by atoms with Gasteiger partial charge in [-0.1, -0.05) is 27.7 Å². The van der Waals surface area contributed by atoms with Crippen molar-refractivity contribution in [3.8, 4) is 0 Å². The van der Waals surface area contributed by atoms with Crippen LogP contribution in [0.25, 0.3) is 0 Å². The number of aromatic amines is 1. The second-order valence-corrected chi connectivity index (χ2v) is 7.09. The molecule has 0 atom stereocenters. The van der Waals surface area contributed by atoms with Crippen molar-refractivity contribution in [1.29, 1.82) is 0 Å². The maximum Gasteiger partial charge on any atom is 0.265 e. The summed E-state index contributed by atoms with van der Waals surface area (Å²) in [6.45, 7) is 8.52. The molecule has 0 unspecified atom stereocenters. The first-order valence-electron chi connectivity index (χ1n) is 5.79. The predicted molar refractivity (Wildman–Crippen MR) is 77.5 cm³/mol. The van der Waals surface area contributed by atoms with Gasteiger partial charge in [-0.25, -0.2) is 4.98 Å². The van der Waals surface area contributed by atoms with E-state index in [9.17, 15) is 4.79 Å². The van der Waals surface area contributed by atoms with Crippen LogP contribution in [0.4, 0.5) is 0 Å². The third-order valence-electron chi connectivity index (χ3n) is 2.14. The molecule has 3 nitrogen and oxygen atoms in total. The largest absolute Gasteiger partial charge is 0.309 e. The van der Waals surface area contributed by atoms with Crippen LogP contribution in [0.3, 0.4) is 0 Å². The van der Waals surface area contributed by atoms with Crippen LogP contribution in [0, 0.1) is 5.92 Å². The Bertz CT molecular complexity index is 429. The smallest absolute Gasteiger partial charge is 0.265 e. The molecule has 0 spiro atoms. The van der Waals surface area contributed by atoms with Gasteiger partial charge in [0, 0.05) is 0 Å². The molecule has 1 aromatic heterocycles. The van der Waals surface area contributed by atoms with E-state index in [4.69, 9.17) is 0 Å². The number of rotatable bonds is 5. The second kappa shape index (κ2) is 6.59. The Kier molecular flexibility index (Phi) is 5.73. The number of thioether (sulfide) groups is 1. The minimum Gasteiger partial charge on any atom is -0.309 e. The molecule has 0 aliphatic carbocycles. The van der Waals surface area contributed by atoms with E-state index in [0.717, 1.165) is 23.7 Å². The Hall–Kier alpha value is -0.290. The zero-order valence-electron chi connectivity index (χ0n) is 10.7. The van der Waals surface area contributed by atoms with E-state index in [0.29, 0.717) is 15.6 Å².